The molecule has 11 aromatic rings. The summed E-state index contributed by atoms with van der Waals surface area (Å²) in [5, 5.41) is 2.51. The molecule has 292 valence electrons. The normalized spacial score (nSPS) is 11.2. The average molecular weight is 791 g/mol. The molecule has 0 saturated carbocycles. The van der Waals surface area contributed by atoms with Crippen LogP contribution >= 0.6 is 0 Å². The van der Waals surface area contributed by atoms with E-state index in [-0.39, 0.29) is 0 Å². The molecule has 11 rings (SSSR count). The van der Waals surface area contributed by atoms with Crippen LogP contribution in [0.1, 0.15) is 0 Å². The maximum Gasteiger partial charge on any atom is 0.0619 e. The van der Waals surface area contributed by atoms with Crippen LogP contribution in [0, 0.1) is 0 Å². The number of aromatic nitrogens is 1. The van der Waals surface area contributed by atoms with E-state index in [1.54, 1.807) is 0 Å². The zero-order valence-electron chi connectivity index (χ0n) is 34.1. The highest BCUT2D eigenvalue weighted by molar-refractivity contribution is 6.13. The van der Waals surface area contributed by atoms with Crippen molar-refractivity contribution in [2.24, 2.45) is 0 Å². The molecule has 0 spiro atoms. The molecule has 0 aliphatic heterocycles. The molecule has 0 bridgehead atoms. The van der Waals surface area contributed by atoms with Crippen LogP contribution in [-0.2, 0) is 0 Å². The maximum absolute atomic E-state index is 2.44. The third kappa shape index (κ3) is 6.94. The van der Waals surface area contributed by atoms with Crippen molar-refractivity contribution in [1.82, 2.24) is 4.57 Å². The van der Waals surface area contributed by atoms with Gasteiger partial charge >= 0.3 is 0 Å². The van der Waals surface area contributed by atoms with E-state index in [0.29, 0.717) is 0 Å². The molecule has 0 fully saturated rings. The summed E-state index contributed by atoms with van der Waals surface area (Å²) in [7, 11) is 0. The van der Waals surface area contributed by atoms with Crippen molar-refractivity contribution in [3.8, 4) is 61.3 Å². The summed E-state index contributed by atoms with van der Waals surface area (Å²) in [6, 6.07) is 91.9. The maximum atomic E-state index is 2.44. The monoisotopic (exact) mass is 790 g/mol. The molecule has 0 unspecified atom stereocenters. The van der Waals surface area contributed by atoms with Gasteiger partial charge in [-0.15, -0.1) is 0 Å². The topological polar surface area (TPSA) is 8.17 Å². The number of hydrogen-bond donors (Lipinski definition) is 0. The Hall–Kier alpha value is -8.20. The summed E-state index contributed by atoms with van der Waals surface area (Å²) >= 11 is 0. The first-order valence-electron chi connectivity index (χ1n) is 21.3. The van der Waals surface area contributed by atoms with Crippen LogP contribution in [0.15, 0.2) is 255 Å². The molecule has 1 heterocycles. The molecule has 10 aromatic carbocycles. The van der Waals surface area contributed by atoms with Gasteiger partial charge in [-0.1, -0.05) is 200 Å². The summed E-state index contributed by atoms with van der Waals surface area (Å²) in [6.07, 6.45) is 0. The number of anilines is 3. The summed E-state index contributed by atoms with van der Waals surface area (Å²) in [4.78, 5) is 2.34. The highest BCUT2D eigenvalue weighted by Crippen LogP contribution is 2.40. The molecular formula is C60H42N2. The van der Waals surface area contributed by atoms with Gasteiger partial charge in [0, 0.05) is 39.1 Å². The first-order chi connectivity index (χ1) is 30.7. The smallest absolute Gasteiger partial charge is 0.0619 e. The van der Waals surface area contributed by atoms with Crippen LogP contribution in [0.4, 0.5) is 17.1 Å². The number of hydrogen-bond acceptors (Lipinski definition) is 1. The van der Waals surface area contributed by atoms with E-state index >= 15 is 0 Å². The molecule has 2 heteroatoms. The quantitative estimate of drug-likeness (QED) is 0.141. The summed E-state index contributed by atoms with van der Waals surface area (Å²) < 4.78 is 2.44. The van der Waals surface area contributed by atoms with E-state index in [0.717, 1.165) is 22.7 Å². The van der Waals surface area contributed by atoms with Gasteiger partial charge in [-0.2, -0.15) is 0 Å². The molecule has 0 N–H and O–H groups in total. The summed E-state index contributed by atoms with van der Waals surface area (Å²) in [5.41, 5.74) is 18.8. The zero-order chi connectivity index (χ0) is 41.2. The highest BCUT2D eigenvalue weighted by Gasteiger charge is 2.17. The third-order valence-corrected chi connectivity index (χ3v) is 12.0. The van der Waals surface area contributed by atoms with Crippen molar-refractivity contribution in [2.45, 2.75) is 0 Å². The van der Waals surface area contributed by atoms with E-state index < -0.39 is 0 Å². The zero-order valence-corrected chi connectivity index (χ0v) is 34.1. The van der Waals surface area contributed by atoms with E-state index in [1.807, 2.05) is 0 Å². The molecule has 0 radical (unpaired) electrons. The first kappa shape index (κ1) is 36.8. The van der Waals surface area contributed by atoms with Crippen LogP contribution in [0.5, 0.6) is 0 Å². The first-order valence-corrected chi connectivity index (χ1v) is 21.3. The van der Waals surface area contributed by atoms with Gasteiger partial charge in [-0.25, -0.2) is 0 Å². The minimum absolute atomic E-state index is 1.10. The lowest BCUT2D eigenvalue weighted by Crippen LogP contribution is -2.09. The van der Waals surface area contributed by atoms with Gasteiger partial charge in [0.1, 0.15) is 0 Å². The second-order valence-corrected chi connectivity index (χ2v) is 15.8. The summed E-state index contributed by atoms with van der Waals surface area (Å²) in [5.74, 6) is 0. The molecule has 0 amide bonds. The number of benzene rings is 10. The fourth-order valence-corrected chi connectivity index (χ4v) is 8.93. The van der Waals surface area contributed by atoms with Crippen molar-refractivity contribution < 1.29 is 0 Å². The number of fused-ring (bicyclic) bond motifs is 3. The fourth-order valence-electron chi connectivity index (χ4n) is 8.93. The second kappa shape index (κ2) is 16.1. The number of rotatable bonds is 9. The van der Waals surface area contributed by atoms with E-state index in [4.69, 9.17) is 0 Å². The minimum Gasteiger partial charge on any atom is -0.311 e. The Labute approximate surface area is 362 Å². The molecule has 0 aliphatic rings. The van der Waals surface area contributed by atoms with Crippen LogP contribution in [-0.4, -0.2) is 4.57 Å². The van der Waals surface area contributed by atoms with Crippen LogP contribution < -0.4 is 4.90 Å². The van der Waals surface area contributed by atoms with Crippen molar-refractivity contribution in [1.29, 1.82) is 0 Å². The summed E-state index contributed by atoms with van der Waals surface area (Å²) in [6.45, 7) is 0. The molecule has 0 aliphatic carbocycles. The van der Waals surface area contributed by atoms with Gasteiger partial charge < -0.3 is 9.47 Å². The van der Waals surface area contributed by atoms with Crippen molar-refractivity contribution in [3.05, 3.63) is 255 Å². The van der Waals surface area contributed by atoms with Gasteiger partial charge in [0.2, 0.25) is 0 Å². The third-order valence-electron chi connectivity index (χ3n) is 12.0. The van der Waals surface area contributed by atoms with Crippen molar-refractivity contribution in [3.63, 3.8) is 0 Å². The van der Waals surface area contributed by atoms with Gasteiger partial charge in [-0.3, -0.25) is 0 Å². The predicted octanol–water partition coefficient (Wildman–Crippen LogP) is 16.6. The molecule has 0 saturated heterocycles. The van der Waals surface area contributed by atoms with E-state index in [2.05, 4.69) is 264 Å². The lowest BCUT2D eigenvalue weighted by molar-refractivity contribution is 1.18. The van der Waals surface area contributed by atoms with Gasteiger partial charge in [0.25, 0.3) is 0 Å². The van der Waals surface area contributed by atoms with Gasteiger partial charge in [0.15, 0.2) is 0 Å². The van der Waals surface area contributed by atoms with Crippen LogP contribution in [0.2, 0.25) is 0 Å². The van der Waals surface area contributed by atoms with Crippen LogP contribution in [0.3, 0.4) is 0 Å². The second-order valence-electron chi connectivity index (χ2n) is 15.8. The predicted molar refractivity (Wildman–Crippen MR) is 263 cm³/mol. The molecule has 0 atom stereocenters. The Morgan fingerprint density at radius 2 is 0.629 bits per heavy atom. The van der Waals surface area contributed by atoms with Gasteiger partial charge in [0.05, 0.1) is 11.0 Å². The Bertz CT molecular complexity index is 3190. The van der Waals surface area contributed by atoms with Crippen LogP contribution in [0.25, 0.3) is 83.1 Å². The van der Waals surface area contributed by atoms with Crippen molar-refractivity contribution in [2.75, 3.05) is 4.90 Å². The SMILES string of the molecule is c1ccc(-c2ccc(N(c3ccc(-c4ccccc4)cc3)c3ccc(-c4ccc(-c5cccc(-n6c7ccccc7c7cccc(-c8ccccc8)c76)c5)cc4)cc3)cc2)cc1. The Kier molecular flexibility index (Phi) is 9.57. The molecule has 1 aromatic heterocycles. The Morgan fingerprint density at radius 1 is 0.258 bits per heavy atom. The number of nitrogens with zero attached hydrogens (tertiary/aromatic N) is 2. The standard InChI is InChI=1S/C60H42N2/c1-4-14-43(15-5-1)46-30-36-52(37-31-46)61(53-38-32-47(33-39-53)44-16-6-2-7-17-44)54-40-34-48(35-41-54)45-26-28-49(29-27-45)51-20-12-21-55(42-51)62-59-25-11-10-22-57(59)58-24-13-23-56(60(58)62)50-18-8-3-9-19-50/h1-42H. The lowest BCUT2D eigenvalue weighted by Gasteiger charge is -2.26. The minimum atomic E-state index is 1.10. The Balaban J connectivity index is 0.910. The van der Waals surface area contributed by atoms with Crippen molar-refractivity contribution >= 4 is 38.9 Å². The molecule has 2 nitrogen and oxygen atoms in total. The van der Waals surface area contributed by atoms with E-state index in [1.165, 1.54) is 77.4 Å². The molecule has 62 heavy (non-hydrogen) atoms. The molecular weight excluding hydrogens is 749 g/mol. The van der Waals surface area contributed by atoms with E-state index in [9.17, 15) is 0 Å². The largest absolute Gasteiger partial charge is 0.311 e. The number of para-hydroxylation sites is 2. The lowest BCUT2D eigenvalue weighted by atomic mass is 9.99. The highest BCUT2D eigenvalue weighted by atomic mass is 15.1. The van der Waals surface area contributed by atoms with Gasteiger partial charge in [-0.05, 0) is 105 Å². The fraction of sp³-hybridized carbons (Fsp3) is 0. The average Bonchev–Trinajstić information content (AvgIpc) is 3.70. The Morgan fingerprint density at radius 3 is 1.15 bits per heavy atom.